The Hall–Kier alpha value is -2.24. The summed E-state index contributed by atoms with van der Waals surface area (Å²) in [5.41, 5.74) is 2.26. The molecule has 0 amide bonds. The van der Waals surface area contributed by atoms with Crippen molar-refractivity contribution in [1.29, 1.82) is 0 Å². The molecule has 2 rings (SSSR count). The number of aromatic amines is 1. The van der Waals surface area contributed by atoms with Crippen LogP contribution in [0.15, 0.2) is 18.3 Å². The van der Waals surface area contributed by atoms with E-state index in [1.54, 1.807) is 13.1 Å². The van der Waals surface area contributed by atoms with Crippen LogP contribution in [0.3, 0.4) is 0 Å². The molecule has 0 spiro atoms. The van der Waals surface area contributed by atoms with Crippen LogP contribution in [0.5, 0.6) is 0 Å². The largest absolute Gasteiger partial charge is 0.461 e. The summed E-state index contributed by atoms with van der Waals surface area (Å²) in [6.07, 6.45) is 1.65. The van der Waals surface area contributed by atoms with Crippen LogP contribution in [0.25, 0.3) is 11.3 Å². The molecule has 0 bridgehead atoms. The van der Waals surface area contributed by atoms with Crippen molar-refractivity contribution in [2.75, 3.05) is 6.61 Å². The first kappa shape index (κ1) is 11.3. The van der Waals surface area contributed by atoms with Gasteiger partial charge < -0.3 is 4.74 Å². The number of nitrogens with one attached hydrogen (secondary N) is 1. The van der Waals surface area contributed by atoms with Gasteiger partial charge in [0.15, 0.2) is 5.69 Å². The van der Waals surface area contributed by atoms with Gasteiger partial charge in [0.05, 0.1) is 6.61 Å². The third-order valence-corrected chi connectivity index (χ3v) is 2.20. The van der Waals surface area contributed by atoms with Crippen molar-refractivity contribution < 1.29 is 9.53 Å². The zero-order chi connectivity index (χ0) is 12.3. The fraction of sp³-hybridized carbons (Fsp3) is 0.273. The van der Waals surface area contributed by atoms with Gasteiger partial charge in [-0.1, -0.05) is 0 Å². The number of pyridine rings is 1. The van der Waals surface area contributed by atoms with Crippen LogP contribution in [0, 0.1) is 6.92 Å². The molecule has 0 saturated heterocycles. The second kappa shape index (κ2) is 4.73. The summed E-state index contributed by atoms with van der Waals surface area (Å²) in [6.45, 7) is 3.93. The van der Waals surface area contributed by atoms with Crippen molar-refractivity contribution in [3.63, 3.8) is 0 Å². The average Bonchev–Trinajstić information content (AvgIpc) is 2.79. The molecule has 0 aromatic carbocycles. The minimum absolute atomic E-state index is 0.178. The summed E-state index contributed by atoms with van der Waals surface area (Å²) in [5.74, 6) is -0.489. The Balaban J connectivity index is 2.36. The zero-order valence-corrected chi connectivity index (χ0v) is 9.60. The van der Waals surface area contributed by atoms with Gasteiger partial charge in [-0.05, 0) is 26.0 Å². The van der Waals surface area contributed by atoms with E-state index in [2.05, 4.69) is 20.4 Å². The van der Waals surface area contributed by atoms with Gasteiger partial charge in [0.1, 0.15) is 5.69 Å². The molecule has 6 nitrogen and oxygen atoms in total. The molecule has 0 atom stereocenters. The van der Waals surface area contributed by atoms with Gasteiger partial charge in [-0.3, -0.25) is 4.98 Å². The molecular formula is C11H12N4O2. The van der Waals surface area contributed by atoms with Gasteiger partial charge in [0.2, 0.25) is 0 Å². The molecule has 0 aliphatic heterocycles. The molecule has 0 radical (unpaired) electrons. The highest BCUT2D eigenvalue weighted by Crippen LogP contribution is 2.19. The van der Waals surface area contributed by atoms with Crippen molar-refractivity contribution in [2.24, 2.45) is 0 Å². The third-order valence-electron chi connectivity index (χ3n) is 2.20. The van der Waals surface area contributed by atoms with Crippen LogP contribution in [0.4, 0.5) is 0 Å². The highest BCUT2D eigenvalue weighted by molar-refractivity contribution is 5.93. The van der Waals surface area contributed by atoms with Crippen LogP contribution >= 0.6 is 0 Å². The molecule has 6 heteroatoms. The summed E-state index contributed by atoms with van der Waals surface area (Å²) in [5, 5.41) is 10.2. The van der Waals surface area contributed by atoms with Gasteiger partial charge in [-0.25, -0.2) is 4.79 Å². The lowest BCUT2D eigenvalue weighted by molar-refractivity contribution is 0.0520. The topological polar surface area (TPSA) is 80.8 Å². The number of H-pyrrole nitrogens is 1. The summed E-state index contributed by atoms with van der Waals surface area (Å²) in [6, 6.07) is 3.68. The first-order valence-corrected chi connectivity index (χ1v) is 5.23. The second-order valence-corrected chi connectivity index (χ2v) is 3.43. The minimum atomic E-state index is -0.489. The molecule has 2 heterocycles. The van der Waals surface area contributed by atoms with Crippen molar-refractivity contribution in [3.8, 4) is 11.3 Å². The number of hydrogen-bond donors (Lipinski definition) is 1. The normalized spacial score (nSPS) is 10.2. The molecule has 88 valence electrons. The molecular weight excluding hydrogens is 220 g/mol. The summed E-state index contributed by atoms with van der Waals surface area (Å²) in [7, 11) is 0. The number of hydrogen-bond acceptors (Lipinski definition) is 5. The zero-order valence-electron chi connectivity index (χ0n) is 9.60. The Morgan fingerprint density at radius 3 is 2.88 bits per heavy atom. The van der Waals surface area contributed by atoms with Crippen LogP contribution in [-0.2, 0) is 4.74 Å². The number of ether oxygens (including phenoxy) is 1. The van der Waals surface area contributed by atoms with Crippen molar-refractivity contribution in [1.82, 2.24) is 20.4 Å². The number of carbonyl (C=O) groups is 1. The van der Waals surface area contributed by atoms with Gasteiger partial charge >= 0.3 is 5.97 Å². The average molecular weight is 232 g/mol. The first-order chi connectivity index (χ1) is 8.22. The molecule has 2 aromatic rings. The van der Waals surface area contributed by atoms with E-state index in [-0.39, 0.29) is 5.69 Å². The maximum atomic E-state index is 11.6. The number of carbonyl (C=O) groups excluding carboxylic acids is 1. The number of aryl methyl sites for hydroxylation is 1. The lowest BCUT2D eigenvalue weighted by Crippen LogP contribution is -2.06. The molecule has 0 aliphatic carbocycles. The molecule has 17 heavy (non-hydrogen) atoms. The fourth-order valence-electron chi connectivity index (χ4n) is 1.38. The maximum absolute atomic E-state index is 11.6. The van der Waals surface area contributed by atoms with E-state index in [4.69, 9.17) is 4.74 Å². The summed E-state index contributed by atoms with van der Waals surface area (Å²) >= 11 is 0. The number of rotatable bonds is 3. The van der Waals surface area contributed by atoms with Gasteiger partial charge in [-0.2, -0.15) is 10.3 Å². The van der Waals surface area contributed by atoms with Gasteiger partial charge in [0.25, 0.3) is 0 Å². The van der Waals surface area contributed by atoms with Crippen LogP contribution in [0.1, 0.15) is 23.1 Å². The van der Waals surface area contributed by atoms with E-state index in [1.165, 1.54) is 0 Å². The Morgan fingerprint density at radius 2 is 2.24 bits per heavy atom. The summed E-state index contributed by atoms with van der Waals surface area (Å²) in [4.78, 5) is 15.7. The van der Waals surface area contributed by atoms with Crippen LogP contribution in [0.2, 0.25) is 0 Å². The molecule has 0 unspecified atom stereocenters. The summed E-state index contributed by atoms with van der Waals surface area (Å²) < 4.78 is 4.89. The van der Waals surface area contributed by atoms with E-state index in [0.717, 1.165) is 11.3 Å². The predicted molar refractivity (Wildman–Crippen MR) is 60.3 cm³/mol. The lowest BCUT2D eigenvalue weighted by Gasteiger charge is -2.01. The predicted octanol–water partition coefficient (Wildman–Crippen LogP) is 1.35. The van der Waals surface area contributed by atoms with Crippen molar-refractivity contribution >= 4 is 5.97 Å². The van der Waals surface area contributed by atoms with Crippen LogP contribution < -0.4 is 0 Å². The van der Waals surface area contributed by atoms with E-state index in [9.17, 15) is 4.79 Å². The van der Waals surface area contributed by atoms with Crippen molar-refractivity contribution in [2.45, 2.75) is 13.8 Å². The second-order valence-electron chi connectivity index (χ2n) is 3.43. The molecule has 2 aromatic heterocycles. The quantitative estimate of drug-likeness (QED) is 0.808. The molecule has 0 saturated carbocycles. The van der Waals surface area contributed by atoms with Crippen LogP contribution in [-0.4, -0.2) is 33.0 Å². The monoisotopic (exact) mass is 232 g/mol. The minimum Gasteiger partial charge on any atom is -0.461 e. The van der Waals surface area contributed by atoms with E-state index in [0.29, 0.717) is 12.3 Å². The van der Waals surface area contributed by atoms with E-state index < -0.39 is 5.97 Å². The van der Waals surface area contributed by atoms with Gasteiger partial charge in [-0.15, -0.1) is 5.10 Å². The fourth-order valence-corrected chi connectivity index (χ4v) is 1.38. The number of nitrogens with zero attached hydrogens (tertiary/aromatic N) is 3. The standard InChI is InChI=1S/C11H12N4O2/c1-3-17-11(16)10-9(13-15-14-10)8-5-4-7(2)12-6-8/h4-6H,3H2,1-2H3,(H,13,14,15). The molecule has 0 aliphatic rings. The number of aromatic nitrogens is 4. The smallest absolute Gasteiger partial charge is 0.361 e. The molecule has 1 N–H and O–H groups in total. The highest BCUT2D eigenvalue weighted by Gasteiger charge is 2.18. The van der Waals surface area contributed by atoms with Gasteiger partial charge in [0, 0.05) is 17.5 Å². The third kappa shape index (κ3) is 2.30. The highest BCUT2D eigenvalue weighted by atomic mass is 16.5. The SMILES string of the molecule is CCOC(=O)c1n[nH]nc1-c1ccc(C)nc1. The molecule has 0 fully saturated rings. The van der Waals surface area contributed by atoms with Crippen molar-refractivity contribution in [3.05, 3.63) is 29.7 Å². The van der Waals surface area contributed by atoms with E-state index in [1.807, 2.05) is 19.1 Å². The Morgan fingerprint density at radius 1 is 1.41 bits per heavy atom. The Kier molecular flexibility index (Phi) is 3.13. The first-order valence-electron chi connectivity index (χ1n) is 5.23. The Labute approximate surface area is 98.0 Å². The number of esters is 1. The lowest BCUT2D eigenvalue weighted by atomic mass is 10.1. The Bertz CT molecular complexity index is 519. The maximum Gasteiger partial charge on any atom is 0.361 e. The van der Waals surface area contributed by atoms with E-state index >= 15 is 0 Å².